The average Bonchev–Trinajstić information content (AvgIpc) is 3.37. The Morgan fingerprint density at radius 1 is 1.12 bits per heavy atom. The van der Waals surface area contributed by atoms with Crippen LogP contribution in [0.3, 0.4) is 0 Å². The molecule has 0 saturated carbocycles. The number of aromatic nitrogens is 2. The summed E-state index contributed by atoms with van der Waals surface area (Å²) in [5, 5.41) is 8.55. The first kappa shape index (κ1) is 16.1. The molecule has 1 aliphatic heterocycles. The van der Waals surface area contributed by atoms with Crippen LogP contribution in [0.2, 0.25) is 0 Å². The van der Waals surface area contributed by atoms with Crippen LogP contribution in [-0.4, -0.2) is 21.5 Å². The van der Waals surface area contributed by atoms with Crippen molar-refractivity contribution < 1.29 is 14.0 Å². The van der Waals surface area contributed by atoms with Crippen molar-refractivity contribution in [3.05, 3.63) is 66.1 Å². The summed E-state index contributed by atoms with van der Waals surface area (Å²) >= 11 is 0. The van der Waals surface area contributed by atoms with Gasteiger partial charge in [0.25, 0.3) is 0 Å². The van der Waals surface area contributed by atoms with Gasteiger partial charge in [0, 0.05) is 23.4 Å². The summed E-state index contributed by atoms with van der Waals surface area (Å²) in [5.41, 5.74) is 3.57. The lowest BCUT2D eigenvalue weighted by atomic mass is 9.98. The van der Waals surface area contributed by atoms with Gasteiger partial charge in [-0.1, -0.05) is 49.3 Å². The van der Waals surface area contributed by atoms with E-state index in [9.17, 15) is 4.79 Å². The topological polar surface area (TPSA) is 69.6 Å². The first-order valence-electron chi connectivity index (χ1n) is 8.34. The van der Waals surface area contributed by atoms with Crippen LogP contribution >= 0.6 is 0 Å². The van der Waals surface area contributed by atoms with Gasteiger partial charge in [-0.05, 0) is 18.1 Å². The Balaban J connectivity index is 1.86. The highest BCUT2D eigenvalue weighted by Crippen LogP contribution is 2.28. The molecule has 0 N–H and O–H groups in total. The van der Waals surface area contributed by atoms with Crippen LogP contribution in [-0.2, 0) is 9.63 Å². The fourth-order valence-electron chi connectivity index (χ4n) is 2.82. The fourth-order valence-corrected chi connectivity index (χ4v) is 2.82. The standard InChI is InChI=1S/C20H17N3O3/c1-13(2)18-16(20(24)26-22-18)11-15-12-23(17-9-6-10-25-17)21-19(15)14-7-4-3-5-8-14/h3-13H,1-2H3. The Bertz CT molecular complexity index is 996. The van der Waals surface area contributed by atoms with Crippen LogP contribution in [0.4, 0.5) is 0 Å². The Labute approximate surface area is 150 Å². The van der Waals surface area contributed by atoms with Gasteiger partial charge in [-0.2, -0.15) is 5.10 Å². The maximum Gasteiger partial charge on any atom is 0.367 e. The summed E-state index contributed by atoms with van der Waals surface area (Å²) in [5.74, 6) is 0.227. The Morgan fingerprint density at radius 2 is 1.92 bits per heavy atom. The molecule has 4 rings (SSSR count). The highest BCUT2D eigenvalue weighted by Gasteiger charge is 2.28. The van der Waals surface area contributed by atoms with E-state index in [1.54, 1.807) is 23.1 Å². The zero-order chi connectivity index (χ0) is 18.1. The largest absolute Gasteiger partial charge is 0.447 e. The molecule has 0 saturated heterocycles. The third kappa shape index (κ3) is 2.86. The molecule has 0 unspecified atom stereocenters. The molecule has 6 heteroatoms. The number of carbonyl (C=O) groups excluding carboxylic acids is 1. The molecule has 1 aliphatic rings. The van der Waals surface area contributed by atoms with Crippen LogP contribution in [0.25, 0.3) is 23.2 Å². The first-order chi connectivity index (χ1) is 12.6. The minimum Gasteiger partial charge on any atom is -0.447 e. The van der Waals surface area contributed by atoms with E-state index >= 15 is 0 Å². The van der Waals surface area contributed by atoms with Gasteiger partial charge in [0.15, 0.2) is 0 Å². The second-order valence-corrected chi connectivity index (χ2v) is 6.26. The number of oxime groups is 1. The molecule has 0 amide bonds. The first-order valence-corrected chi connectivity index (χ1v) is 8.34. The van der Waals surface area contributed by atoms with Gasteiger partial charge in [0.1, 0.15) is 5.69 Å². The molecule has 0 bridgehead atoms. The second kappa shape index (κ2) is 6.48. The third-order valence-corrected chi connectivity index (χ3v) is 4.09. The molecule has 6 nitrogen and oxygen atoms in total. The molecule has 0 atom stereocenters. The molecule has 0 spiro atoms. The van der Waals surface area contributed by atoms with Crippen LogP contribution in [0.1, 0.15) is 19.4 Å². The zero-order valence-corrected chi connectivity index (χ0v) is 14.4. The normalized spacial score (nSPS) is 15.6. The van der Waals surface area contributed by atoms with E-state index in [0.717, 1.165) is 16.8 Å². The number of carbonyl (C=O) groups is 1. The number of rotatable bonds is 4. The molecular weight excluding hydrogens is 330 g/mol. The predicted molar refractivity (Wildman–Crippen MR) is 97.6 cm³/mol. The van der Waals surface area contributed by atoms with Gasteiger partial charge in [-0.15, -0.1) is 0 Å². The highest BCUT2D eigenvalue weighted by atomic mass is 16.7. The lowest BCUT2D eigenvalue weighted by Crippen LogP contribution is -2.11. The maximum absolute atomic E-state index is 12.1. The Hall–Kier alpha value is -3.41. The minimum atomic E-state index is -0.446. The predicted octanol–water partition coefficient (Wildman–Crippen LogP) is 4.08. The van der Waals surface area contributed by atoms with Crippen molar-refractivity contribution in [3.63, 3.8) is 0 Å². The summed E-state index contributed by atoms with van der Waals surface area (Å²) in [7, 11) is 0. The zero-order valence-electron chi connectivity index (χ0n) is 14.4. The van der Waals surface area contributed by atoms with Crippen molar-refractivity contribution >= 4 is 17.8 Å². The van der Waals surface area contributed by atoms with Gasteiger partial charge in [-0.25, -0.2) is 9.48 Å². The molecule has 3 heterocycles. The third-order valence-electron chi connectivity index (χ3n) is 4.09. The van der Waals surface area contributed by atoms with Crippen molar-refractivity contribution in [2.75, 3.05) is 0 Å². The molecule has 0 aliphatic carbocycles. The fraction of sp³-hybridized carbons (Fsp3) is 0.150. The molecule has 2 aromatic heterocycles. The van der Waals surface area contributed by atoms with E-state index in [0.29, 0.717) is 17.2 Å². The van der Waals surface area contributed by atoms with Gasteiger partial charge in [0.2, 0.25) is 5.88 Å². The monoisotopic (exact) mass is 347 g/mol. The van der Waals surface area contributed by atoms with Crippen molar-refractivity contribution in [2.45, 2.75) is 13.8 Å². The van der Waals surface area contributed by atoms with E-state index in [1.165, 1.54) is 0 Å². The highest BCUT2D eigenvalue weighted by molar-refractivity contribution is 6.25. The van der Waals surface area contributed by atoms with E-state index in [4.69, 9.17) is 9.25 Å². The summed E-state index contributed by atoms with van der Waals surface area (Å²) < 4.78 is 7.09. The van der Waals surface area contributed by atoms with Crippen molar-refractivity contribution in [1.82, 2.24) is 9.78 Å². The van der Waals surface area contributed by atoms with Crippen molar-refractivity contribution in [1.29, 1.82) is 0 Å². The number of hydrogen-bond acceptors (Lipinski definition) is 5. The summed E-state index contributed by atoms with van der Waals surface area (Å²) in [6, 6.07) is 13.4. The number of furan rings is 1. The van der Waals surface area contributed by atoms with E-state index in [-0.39, 0.29) is 5.92 Å². The summed E-state index contributed by atoms with van der Waals surface area (Å²) in [4.78, 5) is 17.0. The van der Waals surface area contributed by atoms with Gasteiger partial charge in [-0.3, -0.25) is 0 Å². The summed E-state index contributed by atoms with van der Waals surface area (Å²) in [6.07, 6.45) is 5.20. The Morgan fingerprint density at radius 3 is 2.62 bits per heavy atom. The lowest BCUT2D eigenvalue weighted by Gasteiger charge is -2.03. The van der Waals surface area contributed by atoms with Gasteiger partial charge in [0.05, 0.1) is 17.5 Å². The number of benzene rings is 1. The van der Waals surface area contributed by atoms with E-state index in [1.807, 2.05) is 56.4 Å². The lowest BCUT2D eigenvalue weighted by molar-refractivity contribution is -0.136. The van der Waals surface area contributed by atoms with Crippen LogP contribution in [0, 0.1) is 5.92 Å². The quantitative estimate of drug-likeness (QED) is 0.527. The van der Waals surface area contributed by atoms with Gasteiger partial charge >= 0.3 is 5.97 Å². The maximum atomic E-state index is 12.1. The Kier molecular flexibility index (Phi) is 4.01. The molecule has 26 heavy (non-hydrogen) atoms. The molecule has 1 aromatic carbocycles. The SMILES string of the molecule is CC(C)C1=NOC(=O)C1=Cc1cn(-c2ccco2)nc1-c1ccccc1. The number of hydrogen-bond donors (Lipinski definition) is 0. The molecule has 3 aromatic rings. The summed E-state index contributed by atoms with van der Waals surface area (Å²) in [6.45, 7) is 3.94. The van der Waals surface area contributed by atoms with Crippen molar-refractivity contribution in [3.8, 4) is 17.1 Å². The second-order valence-electron chi connectivity index (χ2n) is 6.26. The van der Waals surface area contributed by atoms with Crippen LogP contribution in [0.15, 0.2) is 70.1 Å². The number of nitrogens with zero attached hydrogens (tertiary/aromatic N) is 3. The molecular formula is C20H17N3O3. The van der Waals surface area contributed by atoms with Crippen LogP contribution in [0.5, 0.6) is 0 Å². The minimum absolute atomic E-state index is 0.0768. The van der Waals surface area contributed by atoms with Gasteiger partial charge < -0.3 is 9.25 Å². The molecule has 0 fully saturated rings. The molecule has 0 radical (unpaired) electrons. The molecule has 130 valence electrons. The average molecular weight is 347 g/mol. The van der Waals surface area contributed by atoms with Crippen LogP contribution < -0.4 is 0 Å². The van der Waals surface area contributed by atoms with Crippen molar-refractivity contribution in [2.24, 2.45) is 11.1 Å². The smallest absolute Gasteiger partial charge is 0.367 e. The van der Waals surface area contributed by atoms with E-state index in [2.05, 4.69) is 10.3 Å². The van der Waals surface area contributed by atoms with E-state index < -0.39 is 5.97 Å².